The number of carbonyl (C=O) groups excluding carboxylic acids is 2. The minimum Gasteiger partial charge on any atom is -0.468 e. The second-order valence-electron chi connectivity index (χ2n) is 5.67. The van der Waals surface area contributed by atoms with Crippen molar-refractivity contribution in [2.24, 2.45) is 11.8 Å². The maximum Gasteiger partial charge on any atom is 0.318 e. The summed E-state index contributed by atoms with van der Waals surface area (Å²) in [7, 11) is 1.34. The molecule has 0 radical (unpaired) electrons. The van der Waals surface area contributed by atoms with Crippen molar-refractivity contribution in [3.05, 3.63) is 30.3 Å². The Kier molecular flexibility index (Phi) is 5.78. The van der Waals surface area contributed by atoms with E-state index >= 15 is 0 Å². The van der Waals surface area contributed by atoms with Gasteiger partial charge >= 0.3 is 5.97 Å². The molecule has 1 aromatic carbocycles. The molecule has 1 N–H and O–H groups in total. The lowest BCUT2D eigenvalue weighted by atomic mass is 9.82. The van der Waals surface area contributed by atoms with Crippen molar-refractivity contribution in [3.8, 4) is 0 Å². The molecule has 4 nitrogen and oxygen atoms in total. The number of ether oxygens (including phenoxy) is 1. The van der Waals surface area contributed by atoms with Crippen molar-refractivity contribution in [1.29, 1.82) is 0 Å². The Balaban J connectivity index is 2.00. The van der Waals surface area contributed by atoms with Gasteiger partial charge in [0.05, 0.1) is 7.11 Å². The highest BCUT2D eigenvalue weighted by atomic mass is 16.5. The minimum absolute atomic E-state index is 0.265. The molecule has 0 spiro atoms. The molecule has 0 aromatic heterocycles. The van der Waals surface area contributed by atoms with Crippen molar-refractivity contribution in [2.45, 2.75) is 38.5 Å². The second kappa shape index (κ2) is 7.81. The average Bonchev–Trinajstić information content (AvgIpc) is 2.53. The number of esters is 1. The summed E-state index contributed by atoms with van der Waals surface area (Å²) in [6.07, 6.45) is 6.44. The summed E-state index contributed by atoms with van der Waals surface area (Å²) in [4.78, 5) is 24.3. The van der Waals surface area contributed by atoms with E-state index in [1.807, 2.05) is 30.3 Å². The van der Waals surface area contributed by atoms with Gasteiger partial charge in [-0.15, -0.1) is 0 Å². The molecule has 1 fully saturated rings. The van der Waals surface area contributed by atoms with Gasteiger partial charge in [-0.1, -0.05) is 50.3 Å². The maximum atomic E-state index is 12.4. The van der Waals surface area contributed by atoms with Crippen LogP contribution in [-0.4, -0.2) is 19.0 Å². The number of para-hydroxylation sites is 1. The van der Waals surface area contributed by atoms with Crippen LogP contribution in [0.1, 0.15) is 38.5 Å². The normalized spacial score (nSPS) is 17.0. The molecule has 1 saturated carbocycles. The van der Waals surface area contributed by atoms with Crippen molar-refractivity contribution < 1.29 is 14.3 Å². The fourth-order valence-electron chi connectivity index (χ4n) is 2.96. The molecule has 2 rings (SSSR count). The van der Waals surface area contributed by atoms with Crippen LogP contribution in [0.25, 0.3) is 0 Å². The number of methoxy groups -OCH3 is 1. The Morgan fingerprint density at radius 1 is 1.19 bits per heavy atom. The lowest BCUT2D eigenvalue weighted by molar-refractivity contribution is -0.149. The van der Waals surface area contributed by atoms with E-state index in [2.05, 4.69) is 5.32 Å². The highest BCUT2D eigenvalue weighted by molar-refractivity contribution is 6.04. The number of benzene rings is 1. The van der Waals surface area contributed by atoms with Gasteiger partial charge in [0, 0.05) is 5.69 Å². The van der Waals surface area contributed by atoms with Gasteiger partial charge in [0.2, 0.25) is 5.91 Å². The Bertz CT molecular complexity index is 466. The fraction of sp³-hybridized carbons (Fsp3) is 0.529. The second-order valence-corrected chi connectivity index (χ2v) is 5.67. The lowest BCUT2D eigenvalue weighted by Crippen LogP contribution is -2.32. The Labute approximate surface area is 125 Å². The molecule has 0 heterocycles. The standard InChI is InChI=1S/C17H23NO3/c1-21-17(20)15(12-13-8-4-2-5-9-13)16(19)18-14-10-6-3-7-11-14/h3,6-7,10-11,13,15H,2,4-5,8-9,12H2,1H3,(H,18,19). The molecule has 1 aliphatic carbocycles. The van der Waals surface area contributed by atoms with E-state index in [-0.39, 0.29) is 5.91 Å². The predicted molar refractivity (Wildman–Crippen MR) is 81.8 cm³/mol. The Hall–Kier alpha value is -1.84. The first-order valence-corrected chi connectivity index (χ1v) is 7.64. The Morgan fingerprint density at radius 2 is 1.86 bits per heavy atom. The fourth-order valence-corrected chi connectivity index (χ4v) is 2.96. The molecule has 0 bridgehead atoms. The molecule has 0 saturated heterocycles. The average molecular weight is 289 g/mol. The zero-order valence-corrected chi connectivity index (χ0v) is 12.5. The van der Waals surface area contributed by atoms with E-state index in [0.29, 0.717) is 18.0 Å². The third kappa shape index (κ3) is 4.59. The molecule has 1 unspecified atom stereocenters. The number of carbonyl (C=O) groups is 2. The number of hydrogen-bond donors (Lipinski definition) is 1. The topological polar surface area (TPSA) is 55.4 Å². The van der Waals surface area contributed by atoms with E-state index in [0.717, 1.165) is 12.8 Å². The molecule has 0 aliphatic heterocycles. The van der Waals surface area contributed by atoms with Crippen LogP contribution in [0.2, 0.25) is 0 Å². The van der Waals surface area contributed by atoms with Gasteiger partial charge in [-0.3, -0.25) is 9.59 Å². The zero-order chi connectivity index (χ0) is 15.1. The van der Waals surface area contributed by atoms with Crippen molar-refractivity contribution in [3.63, 3.8) is 0 Å². The molecular formula is C17H23NO3. The summed E-state index contributed by atoms with van der Waals surface area (Å²) < 4.78 is 4.81. The van der Waals surface area contributed by atoms with E-state index in [1.54, 1.807) is 0 Å². The third-order valence-corrected chi connectivity index (χ3v) is 4.14. The highest BCUT2D eigenvalue weighted by Crippen LogP contribution is 2.30. The third-order valence-electron chi connectivity index (χ3n) is 4.14. The zero-order valence-electron chi connectivity index (χ0n) is 12.5. The van der Waals surface area contributed by atoms with Crippen LogP contribution in [0.3, 0.4) is 0 Å². The first-order chi connectivity index (χ1) is 10.2. The van der Waals surface area contributed by atoms with Gasteiger partial charge in [-0.05, 0) is 24.5 Å². The van der Waals surface area contributed by atoms with Crippen LogP contribution in [-0.2, 0) is 14.3 Å². The monoisotopic (exact) mass is 289 g/mol. The van der Waals surface area contributed by atoms with Crippen LogP contribution in [0.15, 0.2) is 30.3 Å². The van der Waals surface area contributed by atoms with Crippen molar-refractivity contribution >= 4 is 17.6 Å². The maximum absolute atomic E-state index is 12.4. The molecule has 4 heteroatoms. The van der Waals surface area contributed by atoms with Gasteiger partial charge in [-0.25, -0.2) is 0 Å². The van der Waals surface area contributed by atoms with E-state index in [9.17, 15) is 9.59 Å². The summed E-state index contributed by atoms with van der Waals surface area (Å²) in [5.74, 6) is -0.963. The first-order valence-electron chi connectivity index (χ1n) is 7.64. The summed E-state index contributed by atoms with van der Waals surface area (Å²) >= 11 is 0. The summed E-state index contributed by atoms with van der Waals surface area (Å²) in [6.45, 7) is 0. The molecule has 1 amide bonds. The van der Waals surface area contributed by atoms with Gasteiger partial charge < -0.3 is 10.1 Å². The summed E-state index contributed by atoms with van der Waals surface area (Å²) in [5.41, 5.74) is 0.708. The van der Waals surface area contributed by atoms with Crippen LogP contribution < -0.4 is 5.32 Å². The van der Waals surface area contributed by atoms with E-state index in [4.69, 9.17) is 4.74 Å². The quantitative estimate of drug-likeness (QED) is 0.668. The molecule has 114 valence electrons. The smallest absolute Gasteiger partial charge is 0.318 e. The van der Waals surface area contributed by atoms with Gasteiger partial charge in [0.25, 0.3) is 0 Å². The SMILES string of the molecule is COC(=O)C(CC1CCCCC1)C(=O)Nc1ccccc1. The molecule has 1 aliphatic rings. The first kappa shape index (κ1) is 15.5. The number of nitrogens with one attached hydrogen (secondary N) is 1. The van der Waals surface area contributed by atoms with E-state index < -0.39 is 11.9 Å². The van der Waals surface area contributed by atoms with Gasteiger partial charge in [0.15, 0.2) is 0 Å². The van der Waals surface area contributed by atoms with Crippen LogP contribution >= 0.6 is 0 Å². The van der Waals surface area contributed by atoms with Crippen molar-refractivity contribution in [2.75, 3.05) is 12.4 Å². The predicted octanol–water partition coefficient (Wildman–Crippen LogP) is 3.38. The lowest BCUT2D eigenvalue weighted by Gasteiger charge is -2.24. The number of hydrogen-bond acceptors (Lipinski definition) is 3. The van der Waals surface area contributed by atoms with Crippen LogP contribution in [0.4, 0.5) is 5.69 Å². The van der Waals surface area contributed by atoms with E-state index in [1.165, 1.54) is 26.4 Å². The van der Waals surface area contributed by atoms with Gasteiger partial charge in [-0.2, -0.15) is 0 Å². The number of rotatable bonds is 5. The van der Waals surface area contributed by atoms with Gasteiger partial charge in [0.1, 0.15) is 5.92 Å². The summed E-state index contributed by atoms with van der Waals surface area (Å²) in [5, 5.41) is 2.81. The Morgan fingerprint density at radius 3 is 2.48 bits per heavy atom. The molecule has 1 aromatic rings. The minimum atomic E-state index is -0.710. The van der Waals surface area contributed by atoms with Crippen molar-refractivity contribution in [1.82, 2.24) is 0 Å². The number of amides is 1. The highest BCUT2D eigenvalue weighted by Gasteiger charge is 2.31. The summed E-state index contributed by atoms with van der Waals surface area (Å²) in [6, 6.07) is 9.21. The largest absolute Gasteiger partial charge is 0.468 e. The van der Waals surface area contributed by atoms with Crippen LogP contribution in [0, 0.1) is 11.8 Å². The molecule has 21 heavy (non-hydrogen) atoms. The number of anilines is 1. The molecular weight excluding hydrogens is 266 g/mol. The molecule has 1 atom stereocenters. The van der Waals surface area contributed by atoms with Crippen LogP contribution in [0.5, 0.6) is 0 Å².